The molecule has 0 bridgehead atoms. The maximum absolute atomic E-state index is 14.7. The first-order valence-corrected chi connectivity index (χ1v) is 11.4. The highest BCUT2D eigenvalue weighted by Gasteiger charge is 2.48. The molecule has 1 aromatic carbocycles. The van der Waals surface area contributed by atoms with Crippen LogP contribution in [0.4, 0.5) is 14.5 Å². The van der Waals surface area contributed by atoms with Crippen molar-refractivity contribution in [3.8, 4) is 0 Å². The number of hydrogen-bond donors (Lipinski definition) is 4. The Hall–Kier alpha value is -2.68. The third kappa shape index (κ3) is 3.78. The van der Waals surface area contributed by atoms with Gasteiger partial charge in [0.1, 0.15) is 23.2 Å². The number of rotatable bonds is 3. The van der Waals surface area contributed by atoms with Gasteiger partial charge < -0.3 is 10.6 Å². The monoisotopic (exact) mass is 422 g/mol. The molecule has 1 amide bonds. The zero-order chi connectivity index (χ0) is 21.6. The fourth-order valence-corrected chi connectivity index (χ4v) is 5.77. The predicted molar refractivity (Wildman–Crippen MR) is 111 cm³/mol. The molecule has 0 unspecified atom stereocenters. The third-order valence-electron chi connectivity index (χ3n) is 5.59. The van der Waals surface area contributed by atoms with Crippen LogP contribution >= 0.6 is 0 Å². The van der Waals surface area contributed by atoms with Gasteiger partial charge in [-0.3, -0.25) is 14.4 Å². The van der Waals surface area contributed by atoms with Crippen LogP contribution in [0.25, 0.3) is 0 Å². The molecule has 1 aliphatic heterocycles. The summed E-state index contributed by atoms with van der Waals surface area (Å²) in [6, 6.07) is 6.43. The Bertz CT molecular complexity index is 1040. The number of nitrogens with one attached hydrogen (secondary N) is 3. The van der Waals surface area contributed by atoms with E-state index >= 15 is 0 Å². The van der Waals surface area contributed by atoms with Gasteiger partial charge in [-0.15, -0.1) is 0 Å². The SMILES string of the molecule is CC1(C)C(=N)N[C@](C)(c2cc(NC(=O)c3ccc(F)cn3)ccc2F)C[SH]1(C)=O. The van der Waals surface area contributed by atoms with Crippen LogP contribution in [-0.2, 0) is 15.5 Å². The second-order valence-corrected chi connectivity index (χ2v) is 11.8. The molecule has 29 heavy (non-hydrogen) atoms. The molecule has 1 aliphatic rings. The standard InChI is InChI=1S/C20H24F2N4O2S/c1-19(2)18(23)26-20(3,11-29(19,4)28)14-9-13(6-7-15(14)22)25-17(27)16-8-5-12(21)10-24-16/h5-10,29H,11H2,1-4H3,(H2,23,26)(H,25,27)/t20-/m0/s1. The molecule has 3 N–H and O–H groups in total. The van der Waals surface area contributed by atoms with E-state index in [1.165, 1.54) is 24.3 Å². The van der Waals surface area contributed by atoms with Crippen LogP contribution in [-0.4, -0.2) is 37.7 Å². The lowest BCUT2D eigenvalue weighted by atomic mass is 9.91. The summed E-state index contributed by atoms with van der Waals surface area (Å²) in [5.41, 5.74) is -0.552. The molecule has 0 aliphatic carbocycles. The van der Waals surface area contributed by atoms with Gasteiger partial charge in [0.15, 0.2) is 0 Å². The number of benzene rings is 1. The van der Waals surface area contributed by atoms with Gasteiger partial charge in [-0.1, -0.05) is 9.93 Å². The zero-order valence-electron chi connectivity index (χ0n) is 16.6. The third-order valence-corrected chi connectivity index (χ3v) is 9.42. The van der Waals surface area contributed by atoms with E-state index in [2.05, 4.69) is 15.6 Å². The molecule has 1 aromatic heterocycles. The number of carbonyl (C=O) groups excluding carboxylic acids is 1. The number of anilines is 1. The van der Waals surface area contributed by atoms with Crippen molar-refractivity contribution in [2.45, 2.75) is 31.1 Å². The van der Waals surface area contributed by atoms with Crippen molar-refractivity contribution in [2.24, 2.45) is 0 Å². The number of halogens is 2. The summed E-state index contributed by atoms with van der Waals surface area (Å²) in [7, 11) is -2.83. The summed E-state index contributed by atoms with van der Waals surface area (Å²) in [4.78, 5) is 16.1. The smallest absolute Gasteiger partial charge is 0.274 e. The maximum atomic E-state index is 14.7. The van der Waals surface area contributed by atoms with Crippen molar-refractivity contribution in [1.29, 1.82) is 5.41 Å². The van der Waals surface area contributed by atoms with Crippen molar-refractivity contribution in [3.63, 3.8) is 0 Å². The van der Waals surface area contributed by atoms with Gasteiger partial charge in [-0.05, 0) is 57.4 Å². The molecule has 1 saturated heterocycles. The lowest BCUT2D eigenvalue weighted by molar-refractivity contribution is 0.102. The Morgan fingerprint density at radius 3 is 2.52 bits per heavy atom. The highest BCUT2D eigenvalue weighted by Crippen LogP contribution is 2.38. The summed E-state index contributed by atoms with van der Waals surface area (Å²) < 4.78 is 40.1. The Morgan fingerprint density at radius 1 is 1.24 bits per heavy atom. The molecule has 0 spiro atoms. The van der Waals surface area contributed by atoms with Crippen LogP contribution in [0.5, 0.6) is 0 Å². The van der Waals surface area contributed by atoms with Gasteiger partial charge in [-0.2, -0.15) is 0 Å². The second-order valence-electron chi connectivity index (χ2n) is 8.16. The Labute approximate surface area is 169 Å². The summed E-state index contributed by atoms with van der Waals surface area (Å²) in [5, 5.41) is 13.9. The first-order valence-electron chi connectivity index (χ1n) is 9.02. The van der Waals surface area contributed by atoms with Gasteiger partial charge in [0.2, 0.25) is 0 Å². The second kappa shape index (κ2) is 6.98. The number of amides is 1. The quantitative estimate of drug-likeness (QED) is 0.572. The molecule has 0 radical (unpaired) electrons. The molecule has 3 rings (SSSR count). The summed E-state index contributed by atoms with van der Waals surface area (Å²) in [6.45, 7) is 5.18. The van der Waals surface area contributed by atoms with Crippen LogP contribution in [0.2, 0.25) is 0 Å². The molecule has 2 heterocycles. The molecule has 1 fully saturated rings. The highest BCUT2D eigenvalue weighted by atomic mass is 32.2. The maximum Gasteiger partial charge on any atom is 0.274 e. The van der Waals surface area contributed by atoms with Gasteiger partial charge in [0.05, 0.1) is 16.5 Å². The first-order chi connectivity index (χ1) is 13.4. The van der Waals surface area contributed by atoms with E-state index in [0.717, 1.165) is 12.3 Å². The highest BCUT2D eigenvalue weighted by molar-refractivity contribution is 8.04. The first kappa shape index (κ1) is 21.0. The fraction of sp³-hybridized carbons (Fsp3) is 0.350. The van der Waals surface area contributed by atoms with Crippen LogP contribution in [0.3, 0.4) is 0 Å². The number of pyridine rings is 1. The molecular weight excluding hydrogens is 398 g/mol. The van der Waals surface area contributed by atoms with Crippen LogP contribution in [0, 0.1) is 17.0 Å². The summed E-state index contributed by atoms with van der Waals surface area (Å²) >= 11 is 0. The molecule has 0 saturated carbocycles. The lowest BCUT2D eigenvalue weighted by Crippen LogP contribution is -2.66. The Kier molecular flexibility index (Phi) is 5.06. The number of amidine groups is 1. The van der Waals surface area contributed by atoms with Crippen LogP contribution < -0.4 is 10.6 Å². The molecule has 1 atom stereocenters. The Balaban J connectivity index is 1.93. The summed E-state index contributed by atoms with van der Waals surface area (Å²) in [6.07, 6.45) is 2.56. The van der Waals surface area contributed by atoms with E-state index in [1.807, 2.05) is 0 Å². The molecule has 6 nitrogen and oxygen atoms in total. The van der Waals surface area contributed by atoms with E-state index in [4.69, 9.17) is 5.41 Å². The van der Waals surface area contributed by atoms with E-state index in [1.54, 1.807) is 27.0 Å². The van der Waals surface area contributed by atoms with Crippen molar-refractivity contribution in [3.05, 3.63) is 59.4 Å². The normalized spacial score (nSPS) is 23.7. The largest absolute Gasteiger partial charge is 0.363 e. The number of aromatic nitrogens is 1. The Morgan fingerprint density at radius 2 is 1.93 bits per heavy atom. The van der Waals surface area contributed by atoms with Gasteiger partial charge >= 0.3 is 0 Å². The van der Waals surface area contributed by atoms with E-state index in [0.29, 0.717) is 5.69 Å². The molecule has 2 aromatic rings. The lowest BCUT2D eigenvalue weighted by Gasteiger charge is -2.50. The zero-order valence-corrected chi connectivity index (χ0v) is 17.5. The van der Waals surface area contributed by atoms with Gasteiger partial charge in [0.25, 0.3) is 5.91 Å². The predicted octanol–water partition coefficient (Wildman–Crippen LogP) is 2.83. The fourth-order valence-electron chi connectivity index (χ4n) is 3.39. The molecule has 156 valence electrons. The van der Waals surface area contributed by atoms with Crippen molar-refractivity contribution < 1.29 is 17.8 Å². The minimum atomic E-state index is -2.83. The average Bonchev–Trinajstić information content (AvgIpc) is 2.62. The van der Waals surface area contributed by atoms with Gasteiger partial charge in [0, 0.05) is 17.0 Å². The summed E-state index contributed by atoms with van der Waals surface area (Å²) in [5.74, 6) is -1.43. The average molecular weight is 423 g/mol. The minimum Gasteiger partial charge on any atom is -0.363 e. The number of carbonyl (C=O) groups is 1. The van der Waals surface area contributed by atoms with Gasteiger partial charge in [-0.25, -0.2) is 13.8 Å². The topological polar surface area (TPSA) is 94.9 Å². The number of nitrogens with zero attached hydrogens (tertiary/aromatic N) is 1. The minimum absolute atomic E-state index is 0.0147. The van der Waals surface area contributed by atoms with E-state index in [9.17, 15) is 17.8 Å². The number of hydrogen-bond acceptors (Lipinski definition) is 4. The van der Waals surface area contributed by atoms with Crippen molar-refractivity contribution in [1.82, 2.24) is 10.3 Å². The van der Waals surface area contributed by atoms with Crippen molar-refractivity contribution in [2.75, 3.05) is 17.3 Å². The van der Waals surface area contributed by atoms with Crippen molar-refractivity contribution >= 4 is 27.4 Å². The van der Waals surface area contributed by atoms with Crippen LogP contribution in [0.1, 0.15) is 36.8 Å². The van der Waals surface area contributed by atoms with E-state index < -0.39 is 37.8 Å². The van der Waals surface area contributed by atoms with Crippen LogP contribution in [0.15, 0.2) is 36.5 Å². The molecule has 9 heteroatoms. The van der Waals surface area contributed by atoms with E-state index in [-0.39, 0.29) is 22.8 Å². The number of thiol groups is 1. The molecular formula is C20H24F2N4O2S.